The zero-order valence-corrected chi connectivity index (χ0v) is 17.0. The van der Waals surface area contributed by atoms with Gasteiger partial charge in [-0.15, -0.1) is 0 Å². The van der Waals surface area contributed by atoms with Gasteiger partial charge in [0, 0.05) is 19.6 Å². The van der Waals surface area contributed by atoms with Crippen LogP contribution < -0.4 is 5.14 Å². The highest BCUT2D eigenvalue weighted by atomic mass is 32.2. The number of fused-ring (bicyclic) bond motifs is 2. The third-order valence-electron chi connectivity index (χ3n) is 5.53. The monoisotopic (exact) mass is 430 g/mol. The zero-order chi connectivity index (χ0) is 20.7. The van der Waals surface area contributed by atoms with E-state index in [1.165, 1.54) is 11.1 Å². The molecule has 2 aromatic heterocycles. The van der Waals surface area contributed by atoms with Crippen LogP contribution in [0.15, 0.2) is 36.9 Å². The molecule has 30 heavy (non-hydrogen) atoms. The third kappa shape index (κ3) is 3.94. The average molecular weight is 430 g/mol. The van der Waals surface area contributed by atoms with E-state index in [0.717, 1.165) is 24.3 Å². The summed E-state index contributed by atoms with van der Waals surface area (Å²) in [5.41, 5.74) is 5.02. The first kappa shape index (κ1) is 19.5. The fourth-order valence-electron chi connectivity index (χ4n) is 4.14. The summed E-state index contributed by atoms with van der Waals surface area (Å²) < 4.78 is 34.4. The van der Waals surface area contributed by atoms with Gasteiger partial charge in [-0.05, 0) is 24.0 Å². The summed E-state index contributed by atoms with van der Waals surface area (Å²) in [5.74, 6) is 0. The number of hydrogen-bond acceptors (Lipinski definition) is 8. The molecule has 1 fully saturated rings. The number of rotatable bonds is 6. The van der Waals surface area contributed by atoms with Gasteiger partial charge in [0.15, 0.2) is 5.65 Å². The van der Waals surface area contributed by atoms with E-state index in [1.54, 1.807) is 12.7 Å². The molecule has 0 radical (unpaired) electrons. The van der Waals surface area contributed by atoms with Crippen molar-refractivity contribution in [3.63, 3.8) is 0 Å². The Labute approximate surface area is 173 Å². The van der Waals surface area contributed by atoms with Crippen molar-refractivity contribution < 1.29 is 17.3 Å². The lowest BCUT2D eigenvalue weighted by Gasteiger charge is -2.16. The SMILES string of the molecule is NS(=O)(=O)OC[C@@H]1CC[C@H](n2cnc3c(CN4Cc5ccccc5C4)ncnc32)O1. The maximum absolute atomic E-state index is 11.0. The summed E-state index contributed by atoms with van der Waals surface area (Å²) in [6.07, 6.45) is 3.97. The molecule has 2 N–H and O–H groups in total. The Kier molecular flexibility index (Phi) is 4.99. The average Bonchev–Trinajstić information content (AvgIpc) is 3.43. The van der Waals surface area contributed by atoms with Crippen LogP contribution in [0.2, 0.25) is 0 Å². The van der Waals surface area contributed by atoms with Gasteiger partial charge in [0.05, 0.1) is 24.7 Å². The van der Waals surface area contributed by atoms with Crippen molar-refractivity contribution in [2.45, 2.75) is 44.8 Å². The molecule has 0 bridgehead atoms. The highest BCUT2D eigenvalue weighted by Crippen LogP contribution is 2.31. The van der Waals surface area contributed by atoms with Gasteiger partial charge in [0.1, 0.15) is 18.1 Å². The summed E-state index contributed by atoms with van der Waals surface area (Å²) in [7, 11) is -3.98. The van der Waals surface area contributed by atoms with Gasteiger partial charge in [0.25, 0.3) is 0 Å². The van der Waals surface area contributed by atoms with Crippen LogP contribution >= 0.6 is 0 Å². The quantitative estimate of drug-likeness (QED) is 0.619. The summed E-state index contributed by atoms with van der Waals surface area (Å²) in [6, 6.07) is 8.45. The zero-order valence-electron chi connectivity index (χ0n) is 16.2. The van der Waals surface area contributed by atoms with Crippen molar-refractivity contribution in [1.82, 2.24) is 24.4 Å². The Morgan fingerprint density at radius 1 is 1.13 bits per heavy atom. The molecular weight excluding hydrogens is 408 g/mol. The van der Waals surface area contributed by atoms with Crippen LogP contribution in [-0.2, 0) is 38.9 Å². The molecule has 1 saturated heterocycles. The number of aromatic nitrogens is 4. The summed E-state index contributed by atoms with van der Waals surface area (Å²) in [6.45, 7) is 2.36. The van der Waals surface area contributed by atoms with Gasteiger partial charge in [0.2, 0.25) is 0 Å². The molecule has 0 aliphatic carbocycles. The van der Waals surface area contributed by atoms with E-state index in [0.29, 0.717) is 25.0 Å². The standard InChI is InChI=1S/C19H22N6O4S/c20-30(26,27)28-10-15-5-6-17(29-15)25-12-23-18-16(21-11-22-19(18)25)9-24-7-13-3-1-2-4-14(13)8-24/h1-4,11-12,15,17H,5-10H2,(H2,20,26,27)/t15-,17+/m0/s1. The highest BCUT2D eigenvalue weighted by molar-refractivity contribution is 7.84. The predicted molar refractivity (Wildman–Crippen MR) is 107 cm³/mol. The molecule has 2 atom stereocenters. The minimum Gasteiger partial charge on any atom is -0.352 e. The lowest BCUT2D eigenvalue weighted by molar-refractivity contribution is -0.0149. The molecule has 2 aliphatic heterocycles. The second-order valence-electron chi connectivity index (χ2n) is 7.63. The summed E-state index contributed by atoms with van der Waals surface area (Å²) >= 11 is 0. The smallest absolute Gasteiger partial charge is 0.333 e. The molecule has 3 aromatic rings. The van der Waals surface area contributed by atoms with Crippen LogP contribution in [0.3, 0.4) is 0 Å². The van der Waals surface area contributed by atoms with Crippen molar-refractivity contribution >= 4 is 21.5 Å². The fourth-order valence-corrected chi connectivity index (χ4v) is 4.48. The van der Waals surface area contributed by atoms with Crippen molar-refractivity contribution in [3.8, 4) is 0 Å². The molecule has 5 rings (SSSR count). The van der Waals surface area contributed by atoms with Crippen LogP contribution in [0.25, 0.3) is 11.2 Å². The molecule has 0 amide bonds. The predicted octanol–water partition coefficient (Wildman–Crippen LogP) is 1.24. The Balaban J connectivity index is 1.31. The highest BCUT2D eigenvalue weighted by Gasteiger charge is 2.29. The molecule has 158 valence electrons. The topological polar surface area (TPSA) is 125 Å². The Morgan fingerprint density at radius 2 is 1.90 bits per heavy atom. The fraction of sp³-hybridized carbons (Fsp3) is 0.421. The lowest BCUT2D eigenvalue weighted by Crippen LogP contribution is -2.23. The number of hydrogen-bond donors (Lipinski definition) is 1. The Morgan fingerprint density at radius 3 is 2.63 bits per heavy atom. The number of ether oxygens (including phenoxy) is 1. The third-order valence-corrected chi connectivity index (χ3v) is 5.99. The van der Waals surface area contributed by atoms with Gasteiger partial charge < -0.3 is 4.74 Å². The minimum atomic E-state index is -3.98. The van der Waals surface area contributed by atoms with E-state index in [1.807, 2.05) is 4.57 Å². The number of nitrogens with two attached hydrogens (primary N) is 1. The molecule has 0 unspecified atom stereocenters. The van der Waals surface area contributed by atoms with E-state index in [9.17, 15) is 8.42 Å². The number of nitrogens with zero attached hydrogens (tertiary/aromatic N) is 5. The van der Waals surface area contributed by atoms with Crippen LogP contribution in [0.5, 0.6) is 0 Å². The number of benzene rings is 1. The van der Waals surface area contributed by atoms with Gasteiger partial charge in [-0.3, -0.25) is 13.7 Å². The van der Waals surface area contributed by atoms with E-state index >= 15 is 0 Å². The van der Waals surface area contributed by atoms with Crippen LogP contribution in [-0.4, -0.2) is 45.5 Å². The van der Waals surface area contributed by atoms with E-state index in [4.69, 9.17) is 9.88 Å². The lowest BCUT2D eigenvalue weighted by atomic mass is 10.1. The maximum Gasteiger partial charge on any atom is 0.333 e. The van der Waals surface area contributed by atoms with Crippen molar-refractivity contribution in [1.29, 1.82) is 0 Å². The number of imidazole rings is 1. The Hall–Kier alpha value is -2.44. The molecule has 10 nitrogen and oxygen atoms in total. The van der Waals surface area contributed by atoms with Gasteiger partial charge in [-0.25, -0.2) is 20.1 Å². The van der Waals surface area contributed by atoms with E-state index in [2.05, 4.69) is 48.3 Å². The first-order chi connectivity index (χ1) is 14.5. The largest absolute Gasteiger partial charge is 0.352 e. The van der Waals surface area contributed by atoms with Crippen molar-refractivity contribution in [2.24, 2.45) is 5.14 Å². The first-order valence-corrected chi connectivity index (χ1v) is 11.2. The minimum absolute atomic E-state index is 0.0995. The molecular formula is C19H22N6O4S. The first-order valence-electron chi connectivity index (χ1n) is 9.74. The molecule has 4 heterocycles. The summed E-state index contributed by atoms with van der Waals surface area (Å²) in [5, 5.41) is 4.89. The molecule has 0 spiro atoms. The molecule has 1 aromatic carbocycles. The normalized spacial score (nSPS) is 22.0. The van der Waals surface area contributed by atoms with Gasteiger partial charge in [-0.1, -0.05) is 24.3 Å². The molecule has 2 aliphatic rings. The van der Waals surface area contributed by atoms with Crippen molar-refractivity contribution in [3.05, 3.63) is 53.7 Å². The molecule has 0 saturated carbocycles. The van der Waals surface area contributed by atoms with Crippen molar-refractivity contribution in [2.75, 3.05) is 6.61 Å². The van der Waals surface area contributed by atoms with Crippen LogP contribution in [0.1, 0.15) is 35.9 Å². The van der Waals surface area contributed by atoms with E-state index < -0.39 is 10.3 Å². The second kappa shape index (κ2) is 7.67. The van der Waals surface area contributed by atoms with Crippen LogP contribution in [0, 0.1) is 0 Å². The molecule has 11 heteroatoms. The maximum atomic E-state index is 11.0. The van der Waals surface area contributed by atoms with E-state index in [-0.39, 0.29) is 18.9 Å². The Bertz CT molecular complexity index is 1160. The summed E-state index contributed by atoms with van der Waals surface area (Å²) in [4.78, 5) is 15.8. The van der Waals surface area contributed by atoms with Crippen LogP contribution in [0.4, 0.5) is 0 Å². The van der Waals surface area contributed by atoms with Gasteiger partial charge >= 0.3 is 10.3 Å². The van der Waals surface area contributed by atoms with Gasteiger partial charge in [-0.2, -0.15) is 8.42 Å². The second-order valence-corrected chi connectivity index (χ2v) is 8.85.